The molecule has 0 bridgehead atoms. The standard InChI is InChI=1S/C16H14N2O2S/c1-2-18-10-9-17-15(16(18)20)21-14-8-7-13(19)11-5-3-4-6-12(11)14/h3-10,19H,2H2,1H3. The molecule has 5 heteroatoms. The van der Waals surface area contributed by atoms with E-state index >= 15 is 0 Å². The number of hydrogen-bond acceptors (Lipinski definition) is 4. The molecule has 0 radical (unpaired) electrons. The van der Waals surface area contributed by atoms with Crippen molar-refractivity contribution < 1.29 is 5.11 Å². The van der Waals surface area contributed by atoms with Crippen molar-refractivity contribution in [2.45, 2.75) is 23.4 Å². The SMILES string of the molecule is CCn1ccnc(Sc2ccc(O)c3ccccc23)c1=O. The summed E-state index contributed by atoms with van der Waals surface area (Å²) in [7, 11) is 0. The fourth-order valence-corrected chi connectivity index (χ4v) is 3.15. The van der Waals surface area contributed by atoms with E-state index in [4.69, 9.17) is 0 Å². The van der Waals surface area contributed by atoms with E-state index in [1.807, 2.05) is 37.3 Å². The number of phenols is 1. The Bertz CT molecular complexity index is 858. The maximum atomic E-state index is 12.2. The molecular weight excluding hydrogens is 284 g/mol. The van der Waals surface area contributed by atoms with Gasteiger partial charge in [0.25, 0.3) is 5.56 Å². The molecule has 3 rings (SSSR count). The number of hydrogen-bond donors (Lipinski definition) is 1. The second kappa shape index (κ2) is 5.61. The van der Waals surface area contributed by atoms with Gasteiger partial charge in [-0.3, -0.25) is 4.79 Å². The van der Waals surface area contributed by atoms with Gasteiger partial charge >= 0.3 is 0 Å². The van der Waals surface area contributed by atoms with E-state index in [1.54, 1.807) is 23.0 Å². The molecule has 1 heterocycles. The van der Waals surface area contributed by atoms with Gasteiger partial charge in [-0.2, -0.15) is 0 Å². The first kappa shape index (κ1) is 13.7. The van der Waals surface area contributed by atoms with E-state index in [9.17, 15) is 9.90 Å². The van der Waals surface area contributed by atoms with Crippen molar-refractivity contribution in [1.29, 1.82) is 0 Å². The predicted octanol–water partition coefficient (Wildman–Crippen LogP) is 3.27. The summed E-state index contributed by atoms with van der Waals surface area (Å²) < 4.78 is 1.62. The van der Waals surface area contributed by atoms with E-state index in [2.05, 4.69) is 4.98 Å². The lowest BCUT2D eigenvalue weighted by Gasteiger charge is -2.08. The van der Waals surface area contributed by atoms with Gasteiger partial charge in [-0.05, 0) is 24.4 Å². The number of fused-ring (bicyclic) bond motifs is 1. The zero-order valence-electron chi connectivity index (χ0n) is 11.5. The maximum Gasteiger partial charge on any atom is 0.283 e. The summed E-state index contributed by atoms with van der Waals surface area (Å²) >= 11 is 1.33. The Morgan fingerprint density at radius 3 is 2.71 bits per heavy atom. The summed E-state index contributed by atoms with van der Waals surface area (Å²) in [4.78, 5) is 17.3. The molecule has 0 saturated heterocycles. The molecule has 0 spiro atoms. The van der Waals surface area contributed by atoms with Crippen molar-refractivity contribution in [3.63, 3.8) is 0 Å². The van der Waals surface area contributed by atoms with E-state index < -0.39 is 0 Å². The molecule has 2 aromatic carbocycles. The molecular formula is C16H14N2O2S. The molecule has 0 atom stereocenters. The molecule has 1 N–H and O–H groups in total. The van der Waals surface area contributed by atoms with Crippen molar-refractivity contribution >= 4 is 22.5 Å². The minimum Gasteiger partial charge on any atom is -0.507 e. The van der Waals surface area contributed by atoms with Gasteiger partial charge in [0.05, 0.1) is 0 Å². The minimum absolute atomic E-state index is 0.0952. The van der Waals surface area contributed by atoms with Crippen LogP contribution in [-0.2, 0) is 6.54 Å². The van der Waals surface area contributed by atoms with E-state index in [1.165, 1.54) is 11.8 Å². The van der Waals surface area contributed by atoms with Crippen LogP contribution in [0.3, 0.4) is 0 Å². The number of nitrogens with zero attached hydrogens (tertiary/aromatic N) is 2. The van der Waals surface area contributed by atoms with Gasteiger partial charge in [-0.1, -0.05) is 36.0 Å². The lowest BCUT2D eigenvalue weighted by Crippen LogP contribution is -2.20. The van der Waals surface area contributed by atoms with E-state index in [0.717, 1.165) is 15.7 Å². The van der Waals surface area contributed by atoms with Gasteiger partial charge in [-0.15, -0.1) is 0 Å². The molecule has 0 aliphatic heterocycles. The van der Waals surface area contributed by atoms with Crippen LogP contribution in [0.15, 0.2) is 63.5 Å². The van der Waals surface area contributed by atoms with E-state index in [0.29, 0.717) is 11.6 Å². The van der Waals surface area contributed by atoms with Crippen LogP contribution in [0.25, 0.3) is 10.8 Å². The van der Waals surface area contributed by atoms with Gasteiger partial charge in [0.1, 0.15) is 5.75 Å². The van der Waals surface area contributed by atoms with Crippen molar-refractivity contribution in [3.8, 4) is 5.75 Å². The van der Waals surface area contributed by atoms with Gasteiger partial charge < -0.3 is 9.67 Å². The zero-order chi connectivity index (χ0) is 14.8. The molecule has 4 nitrogen and oxygen atoms in total. The average molecular weight is 298 g/mol. The second-order valence-corrected chi connectivity index (χ2v) is 5.58. The largest absolute Gasteiger partial charge is 0.507 e. The molecule has 0 saturated carbocycles. The molecule has 0 fully saturated rings. The fraction of sp³-hybridized carbons (Fsp3) is 0.125. The monoisotopic (exact) mass is 298 g/mol. The van der Waals surface area contributed by atoms with Gasteiger partial charge in [0, 0.05) is 29.2 Å². The third kappa shape index (κ3) is 2.52. The Kier molecular flexibility index (Phi) is 3.66. The highest BCUT2D eigenvalue weighted by molar-refractivity contribution is 7.99. The quantitative estimate of drug-likeness (QED) is 0.806. The predicted molar refractivity (Wildman–Crippen MR) is 83.9 cm³/mol. The second-order valence-electron chi connectivity index (χ2n) is 4.55. The Morgan fingerprint density at radius 2 is 1.95 bits per heavy atom. The van der Waals surface area contributed by atoms with Crippen LogP contribution >= 0.6 is 11.8 Å². The van der Waals surface area contributed by atoms with Gasteiger partial charge in [-0.25, -0.2) is 4.98 Å². The molecule has 21 heavy (non-hydrogen) atoms. The molecule has 1 aromatic heterocycles. The highest BCUT2D eigenvalue weighted by Gasteiger charge is 2.10. The van der Waals surface area contributed by atoms with Crippen molar-refractivity contribution in [2.75, 3.05) is 0 Å². The Hall–Kier alpha value is -2.27. The van der Waals surface area contributed by atoms with Crippen LogP contribution in [-0.4, -0.2) is 14.7 Å². The summed E-state index contributed by atoms with van der Waals surface area (Å²) in [5, 5.41) is 12.0. The summed E-state index contributed by atoms with van der Waals surface area (Å²) in [5.41, 5.74) is -0.0952. The fourth-order valence-electron chi connectivity index (χ4n) is 2.19. The van der Waals surface area contributed by atoms with Crippen LogP contribution in [0.2, 0.25) is 0 Å². The Labute approximate surface area is 126 Å². The number of aromatic hydroxyl groups is 1. The molecule has 3 aromatic rings. The number of aromatic nitrogens is 2. The summed E-state index contributed by atoms with van der Waals surface area (Å²) in [6.45, 7) is 2.54. The summed E-state index contributed by atoms with van der Waals surface area (Å²) in [6, 6.07) is 11.0. The maximum absolute atomic E-state index is 12.2. The molecule has 0 aliphatic rings. The molecule has 0 amide bonds. The lowest BCUT2D eigenvalue weighted by atomic mass is 10.1. The van der Waals surface area contributed by atoms with E-state index in [-0.39, 0.29) is 11.3 Å². The van der Waals surface area contributed by atoms with Crippen LogP contribution in [0.1, 0.15) is 6.92 Å². The van der Waals surface area contributed by atoms with Crippen LogP contribution in [0.4, 0.5) is 0 Å². The van der Waals surface area contributed by atoms with Crippen LogP contribution in [0, 0.1) is 0 Å². The number of rotatable bonds is 3. The summed E-state index contributed by atoms with van der Waals surface area (Å²) in [6.07, 6.45) is 3.32. The van der Waals surface area contributed by atoms with Crippen molar-refractivity contribution in [1.82, 2.24) is 9.55 Å². The third-order valence-corrected chi connectivity index (χ3v) is 4.34. The molecule has 106 valence electrons. The van der Waals surface area contributed by atoms with Crippen molar-refractivity contribution in [3.05, 3.63) is 59.1 Å². The minimum atomic E-state index is -0.0952. The highest BCUT2D eigenvalue weighted by Crippen LogP contribution is 2.35. The first-order chi connectivity index (χ1) is 10.2. The number of aryl methyl sites for hydroxylation is 1. The first-order valence-electron chi connectivity index (χ1n) is 6.64. The molecule has 0 aliphatic carbocycles. The average Bonchev–Trinajstić information content (AvgIpc) is 2.52. The smallest absolute Gasteiger partial charge is 0.283 e. The van der Waals surface area contributed by atoms with Crippen LogP contribution < -0.4 is 5.56 Å². The van der Waals surface area contributed by atoms with Crippen LogP contribution in [0.5, 0.6) is 5.75 Å². The van der Waals surface area contributed by atoms with Crippen molar-refractivity contribution in [2.24, 2.45) is 0 Å². The lowest BCUT2D eigenvalue weighted by molar-refractivity contribution is 0.481. The topological polar surface area (TPSA) is 55.1 Å². The number of benzene rings is 2. The van der Waals surface area contributed by atoms with Gasteiger partial charge in [0.2, 0.25) is 0 Å². The first-order valence-corrected chi connectivity index (χ1v) is 7.46. The normalized spacial score (nSPS) is 10.9. The Balaban J connectivity index is 2.11. The summed E-state index contributed by atoms with van der Waals surface area (Å²) in [5.74, 6) is 0.238. The molecule has 0 unspecified atom stereocenters. The third-order valence-electron chi connectivity index (χ3n) is 3.29. The number of phenolic OH excluding ortho intramolecular Hbond substituents is 1. The van der Waals surface area contributed by atoms with Gasteiger partial charge in [0.15, 0.2) is 5.03 Å². The Morgan fingerprint density at radius 1 is 1.19 bits per heavy atom. The highest BCUT2D eigenvalue weighted by atomic mass is 32.2. The zero-order valence-corrected chi connectivity index (χ0v) is 12.3.